The van der Waals surface area contributed by atoms with Gasteiger partial charge in [-0.05, 0) is 30.3 Å². The van der Waals surface area contributed by atoms with Crippen LogP contribution < -0.4 is 9.46 Å². The molecule has 0 saturated carbocycles. The van der Waals surface area contributed by atoms with Crippen molar-refractivity contribution in [3.05, 3.63) is 53.1 Å². The molecule has 2 rings (SSSR count). The van der Waals surface area contributed by atoms with E-state index in [1.165, 1.54) is 38.5 Å². The van der Waals surface area contributed by atoms with Crippen molar-refractivity contribution in [3.63, 3.8) is 0 Å². The highest BCUT2D eigenvalue weighted by molar-refractivity contribution is 7.92. The predicted octanol–water partition coefficient (Wildman–Crippen LogP) is 2.48. The van der Waals surface area contributed by atoms with Crippen LogP contribution in [0.5, 0.6) is 5.75 Å². The summed E-state index contributed by atoms with van der Waals surface area (Å²) in [6.45, 7) is -0.368. The van der Waals surface area contributed by atoms with E-state index in [1.54, 1.807) is 12.1 Å². The Hall–Kier alpha value is -2.78. The maximum atomic E-state index is 12.6. The summed E-state index contributed by atoms with van der Waals surface area (Å²) < 4.78 is 41.8. The Balaban J connectivity index is 2.26. The van der Waals surface area contributed by atoms with E-state index < -0.39 is 22.0 Å². The molecule has 0 radical (unpaired) electrons. The highest BCUT2D eigenvalue weighted by atomic mass is 35.5. The van der Waals surface area contributed by atoms with E-state index >= 15 is 0 Å². The fourth-order valence-corrected chi connectivity index (χ4v) is 3.43. The van der Waals surface area contributed by atoms with Crippen molar-refractivity contribution in [2.45, 2.75) is 4.90 Å². The second-order valence-corrected chi connectivity index (χ2v) is 7.19. The van der Waals surface area contributed by atoms with Crippen LogP contribution in [0.2, 0.25) is 5.02 Å². The summed E-state index contributed by atoms with van der Waals surface area (Å²) in [6.07, 6.45) is 0. The van der Waals surface area contributed by atoms with Gasteiger partial charge in [0, 0.05) is 0 Å². The number of rotatable bonds is 7. The second kappa shape index (κ2) is 8.74. The average molecular weight is 414 g/mol. The van der Waals surface area contributed by atoms with Crippen LogP contribution in [0.4, 0.5) is 5.69 Å². The van der Waals surface area contributed by atoms with Gasteiger partial charge in [-0.1, -0.05) is 23.7 Å². The molecule has 0 saturated heterocycles. The first-order chi connectivity index (χ1) is 12.8. The molecule has 0 aliphatic rings. The summed E-state index contributed by atoms with van der Waals surface area (Å²) in [5, 5.41) is -0.0111. The Kier molecular flexibility index (Phi) is 6.65. The first-order valence-electron chi connectivity index (χ1n) is 7.48. The molecule has 0 spiro atoms. The van der Waals surface area contributed by atoms with Crippen molar-refractivity contribution >= 4 is 39.3 Å². The molecule has 27 heavy (non-hydrogen) atoms. The lowest BCUT2D eigenvalue weighted by atomic mass is 10.2. The van der Waals surface area contributed by atoms with Crippen LogP contribution in [0, 0.1) is 0 Å². The molecule has 0 amide bonds. The number of methoxy groups -OCH3 is 2. The molecule has 2 aromatic rings. The Morgan fingerprint density at radius 1 is 1.07 bits per heavy atom. The number of esters is 2. The molecule has 0 atom stereocenters. The van der Waals surface area contributed by atoms with Crippen LogP contribution in [-0.2, 0) is 24.3 Å². The lowest BCUT2D eigenvalue weighted by Crippen LogP contribution is -2.16. The van der Waals surface area contributed by atoms with E-state index in [-0.39, 0.29) is 33.5 Å². The Morgan fingerprint density at radius 3 is 2.41 bits per heavy atom. The summed E-state index contributed by atoms with van der Waals surface area (Å²) in [5.41, 5.74) is 0.124. The fourth-order valence-electron chi connectivity index (χ4n) is 2.03. The largest absolute Gasteiger partial charge is 0.480 e. The van der Waals surface area contributed by atoms with Gasteiger partial charge in [-0.3, -0.25) is 4.72 Å². The van der Waals surface area contributed by atoms with Gasteiger partial charge < -0.3 is 14.2 Å². The molecule has 0 aliphatic heterocycles. The smallest absolute Gasteiger partial charge is 0.343 e. The van der Waals surface area contributed by atoms with Gasteiger partial charge in [0.2, 0.25) is 0 Å². The summed E-state index contributed by atoms with van der Waals surface area (Å²) in [7, 11) is -1.64. The van der Waals surface area contributed by atoms with Crippen molar-refractivity contribution in [2.24, 2.45) is 0 Å². The average Bonchev–Trinajstić information content (AvgIpc) is 2.66. The van der Waals surface area contributed by atoms with Gasteiger partial charge in [0.1, 0.15) is 5.75 Å². The molecule has 0 heterocycles. The predicted molar refractivity (Wildman–Crippen MR) is 97.6 cm³/mol. The number of carbonyl (C=O) groups excluding carboxylic acids is 2. The number of nitrogens with one attached hydrogen (secondary N) is 1. The van der Waals surface area contributed by atoms with Crippen molar-refractivity contribution in [3.8, 4) is 5.75 Å². The normalized spacial score (nSPS) is 10.8. The number of hydrogen-bond acceptors (Lipinski definition) is 7. The molecule has 144 valence electrons. The van der Waals surface area contributed by atoms with Gasteiger partial charge in [-0.2, -0.15) is 0 Å². The maximum Gasteiger partial charge on any atom is 0.343 e. The van der Waals surface area contributed by atoms with Crippen molar-refractivity contribution in [1.82, 2.24) is 0 Å². The molecular weight excluding hydrogens is 398 g/mol. The van der Waals surface area contributed by atoms with Gasteiger partial charge >= 0.3 is 11.9 Å². The number of ether oxygens (including phenoxy) is 3. The van der Waals surface area contributed by atoms with Crippen LogP contribution in [0.1, 0.15) is 10.4 Å². The molecule has 2 aromatic carbocycles. The first kappa shape index (κ1) is 20.5. The van der Waals surface area contributed by atoms with E-state index in [2.05, 4.69) is 14.2 Å². The number of hydrogen-bond donors (Lipinski definition) is 1. The van der Waals surface area contributed by atoms with E-state index in [1.807, 2.05) is 0 Å². The quantitative estimate of drug-likeness (QED) is 0.694. The third kappa shape index (κ3) is 5.11. The summed E-state index contributed by atoms with van der Waals surface area (Å²) in [6, 6.07) is 9.74. The fraction of sp³-hybridized carbons (Fsp3) is 0.176. The molecule has 1 N–H and O–H groups in total. The Bertz CT molecular complexity index is 960. The van der Waals surface area contributed by atoms with E-state index in [9.17, 15) is 18.0 Å². The zero-order valence-corrected chi connectivity index (χ0v) is 16.0. The molecule has 0 aliphatic carbocycles. The number of sulfonamides is 1. The van der Waals surface area contributed by atoms with Gasteiger partial charge in [-0.15, -0.1) is 0 Å². The van der Waals surface area contributed by atoms with Crippen molar-refractivity contribution < 1.29 is 32.2 Å². The number of para-hydroxylation sites is 1. The monoisotopic (exact) mass is 413 g/mol. The molecule has 10 heteroatoms. The number of benzene rings is 2. The van der Waals surface area contributed by atoms with Crippen LogP contribution in [-0.4, -0.2) is 41.2 Å². The summed E-state index contributed by atoms with van der Waals surface area (Å²) >= 11 is 6.03. The minimum absolute atomic E-state index is 0.0111. The highest BCUT2D eigenvalue weighted by Gasteiger charge is 2.20. The minimum Gasteiger partial charge on any atom is -0.480 e. The zero-order chi connectivity index (χ0) is 20.0. The number of halogens is 1. The minimum atomic E-state index is -4.04. The summed E-state index contributed by atoms with van der Waals surface area (Å²) in [4.78, 5) is 22.7. The van der Waals surface area contributed by atoms with E-state index in [0.717, 1.165) is 6.07 Å². The van der Waals surface area contributed by atoms with Crippen molar-refractivity contribution in [2.75, 3.05) is 25.5 Å². The lowest BCUT2D eigenvalue weighted by molar-refractivity contribution is -0.142. The third-order valence-corrected chi connectivity index (χ3v) is 5.02. The standard InChI is InChI=1S/C17H16ClNO7S/c1-24-16(20)10-26-15-8-7-11(9-13(15)18)27(22,23)19-14-6-4-3-5-12(14)17(21)25-2/h3-9,19H,10H2,1-2H3. The SMILES string of the molecule is COC(=O)COc1ccc(S(=O)(=O)Nc2ccccc2C(=O)OC)cc1Cl. The molecule has 0 unspecified atom stereocenters. The van der Waals surface area contributed by atoms with Gasteiger partial charge in [0.05, 0.1) is 35.4 Å². The van der Waals surface area contributed by atoms with Gasteiger partial charge in [0.25, 0.3) is 10.0 Å². The van der Waals surface area contributed by atoms with E-state index in [4.69, 9.17) is 16.3 Å². The van der Waals surface area contributed by atoms with Crippen LogP contribution >= 0.6 is 11.6 Å². The molecule has 0 bridgehead atoms. The lowest BCUT2D eigenvalue weighted by Gasteiger charge is -2.13. The van der Waals surface area contributed by atoms with E-state index in [0.29, 0.717) is 0 Å². The van der Waals surface area contributed by atoms with Crippen molar-refractivity contribution in [1.29, 1.82) is 0 Å². The maximum absolute atomic E-state index is 12.6. The van der Waals surface area contributed by atoms with Gasteiger partial charge in [-0.25, -0.2) is 18.0 Å². The Morgan fingerprint density at radius 2 is 1.78 bits per heavy atom. The molecule has 8 nitrogen and oxygen atoms in total. The molecular formula is C17H16ClNO7S. The molecule has 0 fully saturated rings. The second-order valence-electron chi connectivity index (χ2n) is 5.10. The third-order valence-electron chi connectivity index (χ3n) is 3.36. The highest BCUT2D eigenvalue weighted by Crippen LogP contribution is 2.29. The molecule has 0 aromatic heterocycles. The number of anilines is 1. The van der Waals surface area contributed by atoms with Crippen LogP contribution in [0.15, 0.2) is 47.4 Å². The van der Waals surface area contributed by atoms with Crippen LogP contribution in [0.25, 0.3) is 0 Å². The van der Waals surface area contributed by atoms with Gasteiger partial charge in [0.15, 0.2) is 6.61 Å². The van der Waals surface area contributed by atoms with Crippen LogP contribution in [0.3, 0.4) is 0 Å². The zero-order valence-electron chi connectivity index (χ0n) is 14.4. The topological polar surface area (TPSA) is 108 Å². The summed E-state index contributed by atoms with van der Waals surface area (Å²) in [5.74, 6) is -1.17. The Labute approximate surface area is 161 Å². The number of carbonyl (C=O) groups is 2. The first-order valence-corrected chi connectivity index (χ1v) is 9.34.